The Morgan fingerprint density at radius 1 is 1.03 bits per heavy atom. The van der Waals surface area contributed by atoms with Gasteiger partial charge >= 0.3 is 11.9 Å². The van der Waals surface area contributed by atoms with E-state index in [0.29, 0.717) is 11.3 Å². The molecule has 0 saturated heterocycles. The second-order valence-corrected chi connectivity index (χ2v) is 8.36. The molecule has 1 atom stereocenters. The van der Waals surface area contributed by atoms with Gasteiger partial charge in [0.15, 0.2) is 0 Å². The summed E-state index contributed by atoms with van der Waals surface area (Å²) in [4.78, 5) is 40.3. The van der Waals surface area contributed by atoms with Crippen LogP contribution in [0.1, 0.15) is 25.3 Å². The molecule has 0 radical (unpaired) electrons. The molecule has 10 nitrogen and oxygen atoms in total. The summed E-state index contributed by atoms with van der Waals surface area (Å²) in [6.45, 7) is 3.45. The number of rotatable bonds is 7. The van der Waals surface area contributed by atoms with Gasteiger partial charge in [0.25, 0.3) is 0 Å². The van der Waals surface area contributed by atoms with Crippen molar-refractivity contribution in [1.29, 1.82) is 5.26 Å². The van der Waals surface area contributed by atoms with Crippen LogP contribution in [0.3, 0.4) is 0 Å². The number of hydrogen-bond acceptors (Lipinski definition) is 9. The average molecular weight is 505 g/mol. The van der Waals surface area contributed by atoms with Crippen LogP contribution in [0.15, 0.2) is 71.2 Å². The number of methoxy groups -OCH3 is 3. The molecule has 1 unspecified atom stereocenters. The highest BCUT2D eigenvalue weighted by Gasteiger charge is 2.43. The lowest BCUT2D eigenvalue weighted by molar-refractivity contribution is -0.139. The number of allylic oxidation sites excluding steroid dienone is 1. The van der Waals surface area contributed by atoms with Gasteiger partial charge in [0.05, 0.1) is 55.8 Å². The summed E-state index contributed by atoms with van der Waals surface area (Å²) in [5.41, 5.74) is 7.17. The van der Waals surface area contributed by atoms with Gasteiger partial charge in [-0.3, -0.25) is 9.69 Å². The molecule has 0 spiro atoms. The molecule has 1 aliphatic rings. The first-order valence-corrected chi connectivity index (χ1v) is 11.3. The minimum Gasteiger partial charge on any atom is -0.497 e. The van der Waals surface area contributed by atoms with Gasteiger partial charge in [-0.05, 0) is 17.7 Å². The van der Waals surface area contributed by atoms with Gasteiger partial charge in [0.2, 0.25) is 5.91 Å². The molecular weight excluding hydrogens is 476 g/mol. The van der Waals surface area contributed by atoms with Crippen molar-refractivity contribution in [3.63, 3.8) is 0 Å². The zero-order valence-corrected chi connectivity index (χ0v) is 21.2. The highest BCUT2D eigenvalue weighted by molar-refractivity contribution is 6.08. The standard InChI is InChI=1S/C27H28N4O6/c1-15(2)25(32)30-19-12-11-17(35-3)13-20(19)31-23(27(34)37-5)22(26(33)36-4)21(18(14-28)24(31)29)16-9-7-6-8-10-16/h6-13,15,21H,29H2,1-5H3,(H,30,32). The third kappa shape index (κ3) is 5.11. The van der Waals surface area contributed by atoms with Crippen molar-refractivity contribution in [2.24, 2.45) is 11.7 Å². The average Bonchev–Trinajstić information content (AvgIpc) is 2.92. The summed E-state index contributed by atoms with van der Waals surface area (Å²) in [6.07, 6.45) is 0. The third-order valence-corrected chi connectivity index (χ3v) is 5.84. The maximum absolute atomic E-state index is 13.3. The van der Waals surface area contributed by atoms with Crippen molar-refractivity contribution in [3.05, 3.63) is 76.8 Å². The van der Waals surface area contributed by atoms with Gasteiger partial charge in [0, 0.05) is 12.0 Å². The molecule has 3 rings (SSSR count). The Morgan fingerprint density at radius 3 is 2.22 bits per heavy atom. The Balaban J connectivity index is 2.44. The number of esters is 2. The normalized spacial score (nSPS) is 15.3. The smallest absolute Gasteiger partial charge is 0.355 e. The van der Waals surface area contributed by atoms with Crippen molar-refractivity contribution in [2.45, 2.75) is 19.8 Å². The fourth-order valence-corrected chi connectivity index (χ4v) is 3.97. The maximum Gasteiger partial charge on any atom is 0.355 e. The molecule has 1 aliphatic heterocycles. The fourth-order valence-electron chi connectivity index (χ4n) is 3.97. The Bertz CT molecular complexity index is 1320. The van der Waals surface area contributed by atoms with E-state index < -0.39 is 17.9 Å². The van der Waals surface area contributed by atoms with E-state index in [1.807, 2.05) is 0 Å². The predicted molar refractivity (Wildman–Crippen MR) is 136 cm³/mol. The Morgan fingerprint density at radius 2 is 1.68 bits per heavy atom. The van der Waals surface area contributed by atoms with Crippen molar-refractivity contribution in [1.82, 2.24) is 0 Å². The number of ether oxygens (including phenoxy) is 3. The highest BCUT2D eigenvalue weighted by atomic mass is 16.5. The molecule has 37 heavy (non-hydrogen) atoms. The monoisotopic (exact) mass is 504 g/mol. The van der Waals surface area contributed by atoms with E-state index in [0.717, 1.165) is 7.11 Å². The van der Waals surface area contributed by atoms with Crippen LogP contribution in [0.4, 0.5) is 11.4 Å². The number of nitriles is 1. The number of amides is 1. The minimum absolute atomic E-state index is 0.00297. The highest BCUT2D eigenvalue weighted by Crippen LogP contribution is 2.45. The topological polar surface area (TPSA) is 144 Å². The van der Waals surface area contributed by atoms with Crippen molar-refractivity contribution >= 4 is 29.2 Å². The van der Waals surface area contributed by atoms with E-state index in [4.69, 9.17) is 19.9 Å². The van der Waals surface area contributed by atoms with Gasteiger partial charge in [-0.25, -0.2) is 9.59 Å². The summed E-state index contributed by atoms with van der Waals surface area (Å²) in [5, 5.41) is 13.0. The number of carbonyl (C=O) groups excluding carboxylic acids is 3. The second-order valence-electron chi connectivity index (χ2n) is 8.36. The number of benzene rings is 2. The van der Waals surface area contributed by atoms with Gasteiger partial charge in [-0.2, -0.15) is 5.26 Å². The number of nitrogens with one attached hydrogen (secondary N) is 1. The zero-order valence-electron chi connectivity index (χ0n) is 21.2. The molecule has 10 heteroatoms. The molecule has 0 aliphatic carbocycles. The van der Waals surface area contributed by atoms with Gasteiger partial charge in [0.1, 0.15) is 17.3 Å². The number of hydrogen-bond donors (Lipinski definition) is 2. The maximum atomic E-state index is 13.3. The van der Waals surface area contributed by atoms with Crippen LogP contribution in [0.2, 0.25) is 0 Å². The van der Waals surface area contributed by atoms with E-state index in [-0.39, 0.29) is 45.9 Å². The largest absolute Gasteiger partial charge is 0.497 e. The van der Waals surface area contributed by atoms with E-state index in [2.05, 4.69) is 11.4 Å². The van der Waals surface area contributed by atoms with Crippen LogP contribution in [0.5, 0.6) is 5.75 Å². The summed E-state index contributed by atoms with van der Waals surface area (Å²) in [6, 6.07) is 15.5. The van der Waals surface area contributed by atoms with Crippen LogP contribution in [-0.2, 0) is 23.9 Å². The third-order valence-electron chi connectivity index (χ3n) is 5.84. The quantitative estimate of drug-likeness (QED) is 0.543. The zero-order chi connectivity index (χ0) is 27.3. The van der Waals surface area contributed by atoms with E-state index in [1.54, 1.807) is 56.3 Å². The molecule has 2 aromatic carbocycles. The summed E-state index contributed by atoms with van der Waals surface area (Å²) < 4.78 is 15.5. The number of carbonyl (C=O) groups is 3. The van der Waals surface area contributed by atoms with Crippen LogP contribution in [0, 0.1) is 17.2 Å². The predicted octanol–water partition coefficient (Wildman–Crippen LogP) is 3.19. The van der Waals surface area contributed by atoms with Gasteiger partial charge < -0.3 is 25.3 Å². The summed E-state index contributed by atoms with van der Waals surface area (Å²) >= 11 is 0. The summed E-state index contributed by atoms with van der Waals surface area (Å²) in [5.74, 6) is -3.17. The fraction of sp³-hybridized carbons (Fsp3) is 0.259. The first-order valence-electron chi connectivity index (χ1n) is 11.3. The molecule has 0 saturated carbocycles. The van der Waals surface area contributed by atoms with E-state index in [9.17, 15) is 19.6 Å². The van der Waals surface area contributed by atoms with Crippen LogP contribution >= 0.6 is 0 Å². The lowest BCUT2D eigenvalue weighted by atomic mass is 9.81. The lowest BCUT2D eigenvalue weighted by Gasteiger charge is -2.36. The number of nitrogens with two attached hydrogens (primary N) is 1. The van der Waals surface area contributed by atoms with Crippen molar-refractivity contribution in [3.8, 4) is 11.8 Å². The van der Waals surface area contributed by atoms with Gasteiger partial charge in [-0.1, -0.05) is 44.2 Å². The number of anilines is 2. The summed E-state index contributed by atoms with van der Waals surface area (Å²) in [7, 11) is 3.78. The van der Waals surface area contributed by atoms with E-state index >= 15 is 0 Å². The Kier molecular flexibility index (Phi) is 8.19. The molecule has 3 N–H and O–H groups in total. The first kappa shape index (κ1) is 26.8. The molecule has 0 aromatic heterocycles. The Hall–Kier alpha value is -4.78. The second kappa shape index (κ2) is 11.3. The molecule has 0 bridgehead atoms. The van der Waals surface area contributed by atoms with E-state index in [1.165, 1.54) is 25.2 Å². The van der Waals surface area contributed by atoms with Crippen molar-refractivity contribution in [2.75, 3.05) is 31.5 Å². The minimum atomic E-state index is -1.01. The molecule has 1 amide bonds. The first-order chi connectivity index (χ1) is 17.7. The van der Waals surface area contributed by atoms with Crippen LogP contribution in [-0.4, -0.2) is 39.2 Å². The van der Waals surface area contributed by atoms with Crippen LogP contribution in [0.25, 0.3) is 0 Å². The molecule has 1 heterocycles. The SMILES string of the molecule is COC(=O)C1=C(C(=O)OC)N(c2cc(OC)ccc2NC(=O)C(C)C)C(N)=C(C#N)C1c1ccccc1. The molecular formula is C27H28N4O6. The number of nitrogens with zero attached hydrogens (tertiary/aromatic N) is 2. The lowest BCUT2D eigenvalue weighted by Crippen LogP contribution is -2.41. The molecule has 0 fully saturated rings. The van der Waals surface area contributed by atoms with Crippen LogP contribution < -0.4 is 20.7 Å². The molecule has 2 aromatic rings. The Labute approximate surface area is 214 Å². The van der Waals surface area contributed by atoms with Crippen molar-refractivity contribution < 1.29 is 28.6 Å². The van der Waals surface area contributed by atoms with Gasteiger partial charge in [-0.15, -0.1) is 0 Å². The molecule has 192 valence electrons.